The number of benzene rings is 2. The third kappa shape index (κ3) is 2.25. The molecule has 94 valence electrons. The zero-order valence-electron chi connectivity index (χ0n) is 9.94. The van der Waals surface area contributed by atoms with Gasteiger partial charge in [0.1, 0.15) is 0 Å². The molecule has 1 heterocycles. The van der Waals surface area contributed by atoms with Crippen molar-refractivity contribution in [2.45, 2.75) is 6.42 Å². The molecule has 0 saturated carbocycles. The minimum Gasteiger partial charge on any atom is -0.292 e. The van der Waals surface area contributed by atoms with E-state index in [2.05, 4.69) is 5.32 Å². The molecule has 0 aliphatic carbocycles. The molecule has 4 heteroatoms. The Morgan fingerprint density at radius 2 is 1.79 bits per heavy atom. The summed E-state index contributed by atoms with van der Waals surface area (Å²) in [4.78, 5) is 23.0. The number of imide groups is 1. The Kier molecular flexibility index (Phi) is 2.84. The summed E-state index contributed by atoms with van der Waals surface area (Å²) in [5.74, 6) is -0.593. The van der Waals surface area contributed by atoms with Gasteiger partial charge in [-0.05, 0) is 41.0 Å². The maximum atomic E-state index is 11.6. The molecule has 0 aromatic heterocycles. The SMILES string of the molecule is O=C1Cc2cc(-c3cccc(Cl)c3)ccc2C(=O)N1. The van der Waals surface area contributed by atoms with Crippen molar-refractivity contribution in [1.29, 1.82) is 0 Å². The van der Waals surface area contributed by atoms with Gasteiger partial charge in [0, 0.05) is 10.6 Å². The van der Waals surface area contributed by atoms with Gasteiger partial charge in [-0.25, -0.2) is 0 Å². The van der Waals surface area contributed by atoms with Crippen LogP contribution in [0.4, 0.5) is 0 Å². The monoisotopic (exact) mass is 271 g/mol. The van der Waals surface area contributed by atoms with Crippen LogP contribution in [0.2, 0.25) is 5.02 Å². The molecule has 0 fully saturated rings. The fraction of sp³-hybridized carbons (Fsp3) is 0.0667. The van der Waals surface area contributed by atoms with Crippen molar-refractivity contribution in [3.63, 3.8) is 0 Å². The zero-order chi connectivity index (χ0) is 13.4. The molecule has 19 heavy (non-hydrogen) atoms. The Bertz CT molecular complexity index is 694. The van der Waals surface area contributed by atoms with Crippen molar-refractivity contribution in [2.75, 3.05) is 0 Å². The number of hydrogen-bond donors (Lipinski definition) is 1. The van der Waals surface area contributed by atoms with Crippen LogP contribution in [-0.2, 0) is 11.2 Å². The summed E-state index contributed by atoms with van der Waals surface area (Å²) in [6, 6.07) is 13.0. The molecule has 2 amide bonds. The summed E-state index contributed by atoms with van der Waals surface area (Å²) in [6.45, 7) is 0. The number of fused-ring (bicyclic) bond motifs is 1. The predicted octanol–water partition coefficient (Wildman–Crippen LogP) is 2.82. The van der Waals surface area contributed by atoms with Gasteiger partial charge in [-0.1, -0.05) is 29.8 Å². The quantitative estimate of drug-likeness (QED) is 0.811. The summed E-state index contributed by atoms with van der Waals surface area (Å²) in [6.07, 6.45) is 0.232. The van der Waals surface area contributed by atoms with E-state index in [1.54, 1.807) is 12.1 Å². The predicted molar refractivity (Wildman–Crippen MR) is 73.1 cm³/mol. The van der Waals surface area contributed by atoms with Gasteiger partial charge in [-0.2, -0.15) is 0 Å². The zero-order valence-corrected chi connectivity index (χ0v) is 10.7. The number of carbonyl (C=O) groups is 2. The first-order valence-corrected chi connectivity index (χ1v) is 6.24. The normalized spacial score (nSPS) is 13.9. The van der Waals surface area contributed by atoms with E-state index in [0.717, 1.165) is 16.7 Å². The lowest BCUT2D eigenvalue weighted by atomic mass is 9.95. The lowest BCUT2D eigenvalue weighted by molar-refractivity contribution is -0.119. The van der Waals surface area contributed by atoms with Crippen LogP contribution in [0.15, 0.2) is 42.5 Å². The van der Waals surface area contributed by atoms with Gasteiger partial charge in [0.25, 0.3) is 5.91 Å². The molecule has 0 atom stereocenters. The number of rotatable bonds is 1. The molecule has 3 rings (SSSR count). The molecule has 2 aromatic rings. The van der Waals surface area contributed by atoms with E-state index in [1.807, 2.05) is 30.3 Å². The lowest BCUT2D eigenvalue weighted by Gasteiger charge is -2.16. The molecule has 3 nitrogen and oxygen atoms in total. The van der Waals surface area contributed by atoms with Crippen molar-refractivity contribution in [2.24, 2.45) is 0 Å². The van der Waals surface area contributed by atoms with E-state index < -0.39 is 0 Å². The largest absolute Gasteiger partial charge is 0.292 e. The highest BCUT2D eigenvalue weighted by Gasteiger charge is 2.22. The smallest absolute Gasteiger partial charge is 0.258 e. The average molecular weight is 272 g/mol. The van der Waals surface area contributed by atoms with Crippen LogP contribution < -0.4 is 5.32 Å². The van der Waals surface area contributed by atoms with Crippen LogP contribution in [0.3, 0.4) is 0 Å². The van der Waals surface area contributed by atoms with E-state index in [1.165, 1.54) is 0 Å². The fourth-order valence-electron chi connectivity index (χ4n) is 2.22. The Morgan fingerprint density at radius 1 is 1.00 bits per heavy atom. The van der Waals surface area contributed by atoms with Gasteiger partial charge >= 0.3 is 0 Å². The Morgan fingerprint density at radius 3 is 2.58 bits per heavy atom. The maximum absolute atomic E-state index is 11.6. The molecule has 1 aliphatic rings. The first kappa shape index (κ1) is 11.9. The van der Waals surface area contributed by atoms with Crippen molar-refractivity contribution >= 4 is 23.4 Å². The highest BCUT2D eigenvalue weighted by Crippen LogP contribution is 2.26. The van der Waals surface area contributed by atoms with E-state index in [-0.39, 0.29) is 18.2 Å². The van der Waals surface area contributed by atoms with Crippen molar-refractivity contribution in [3.05, 3.63) is 58.6 Å². The second kappa shape index (κ2) is 4.52. The topological polar surface area (TPSA) is 46.2 Å². The summed E-state index contributed by atoms with van der Waals surface area (Å²) in [5, 5.41) is 2.96. The molecular formula is C15H10ClNO2. The van der Waals surface area contributed by atoms with Gasteiger partial charge in [0.15, 0.2) is 0 Å². The average Bonchev–Trinajstić information content (AvgIpc) is 2.37. The minimum absolute atomic E-state index is 0.232. The Balaban J connectivity index is 2.09. The van der Waals surface area contributed by atoms with Crippen LogP contribution in [0.5, 0.6) is 0 Å². The second-order valence-electron chi connectivity index (χ2n) is 4.44. The van der Waals surface area contributed by atoms with E-state index >= 15 is 0 Å². The van der Waals surface area contributed by atoms with Gasteiger partial charge in [-0.15, -0.1) is 0 Å². The maximum Gasteiger partial charge on any atom is 0.258 e. The molecule has 1 aliphatic heterocycles. The third-order valence-electron chi connectivity index (χ3n) is 3.11. The highest BCUT2D eigenvalue weighted by molar-refractivity contribution is 6.30. The van der Waals surface area contributed by atoms with Crippen LogP contribution in [-0.4, -0.2) is 11.8 Å². The van der Waals surface area contributed by atoms with E-state index in [4.69, 9.17) is 11.6 Å². The molecular weight excluding hydrogens is 262 g/mol. The highest BCUT2D eigenvalue weighted by atomic mass is 35.5. The summed E-state index contributed by atoms with van der Waals surface area (Å²) in [7, 11) is 0. The number of nitrogens with one attached hydrogen (secondary N) is 1. The van der Waals surface area contributed by atoms with Gasteiger partial charge in [-0.3, -0.25) is 14.9 Å². The van der Waals surface area contributed by atoms with Crippen LogP contribution in [0.1, 0.15) is 15.9 Å². The number of halogens is 1. The van der Waals surface area contributed by atoms with Crippen molar-refractivity contribution in [1.82, 2.24) is 5.32 Å². The number of amides is 2. The van der Waals surface area contributed by atoms with E-state index in [9.17, 15) is 9.59 Å². The van der Waals surface area contributed by atoms with Gasteiger partial charge in [0.2, 0.25) is 5.91 Å². The first-order chi connectivity index (χ1) is 9.13. The molecule has 0 spiro atoms. The molecule has 0 radical (unpaired) electrons. The molecule has 1 N–H and O–H groups in total. The minimum atomic E-state index is -0.330. The molecule has 0 bridgehead atoms. The van der Waals surface area contributed by atoms with Crippen molar-refractivity contribution in [3.8, 4) is 11.1 Å². The first-order valence-electron chi connectivity index (χ1n) is 5.86. The Labute approximate surface area is 115 Å². The number of carbonyl (C=O) groups excluding carboxylic acids is 2. The van der Waals surface area contributed by atoms with Crippen molar-refractivity contribution < 1.29 is 9.59 Å². The van der Waals surface area contributed by atoms with Crippen LogP contribution in [0.25, 0.3) is 11.1 Å². The van der Waals surface area contributed by atoms with Crippen LogP contribution in [0, 0.1) is 0 Å². The number of hydrogen-bond acceptors (Lipinski definition) is 2. The van der Waals surface area contributed by atoms with Gasteiger partial charge in [0.05, 0.1) is 6.42 Å². The fourth-order valence-corrected chi connectivity index (χ4v) is 2.41. The molecule has 2 aromatic carbocycles. The van der Waals surface area contributed by atoms with Gasteiger partial charge < -0.3 is 0 Å². The second-order valence-corrected chi connectivity index (χ2v) is 4.87. The lowest BCUT2D eigenvalue weighted by Crippen LogP contribution is -2.37. The molecule has 0 unspecified atom stereocenters. The third-order valence-corrected chi connectivity index (χ3v) is 3.35. The standard InChI is InChI=1S/C15H10ClNO2/c16-12-3-1-2-9(7-12)10-4-5-13-11(6-10)8-14(18)17-15(13)19/h1-7H,8H2,(H,17,18,19). The molecule has 0 saturated heterocycles. The Hall–Kier alpha value is -2.13. The summed E-state index contributed by atoms with van der Waals surface area (Å²) < 4.78 is 0. The summed E-state index contributed by atoms with van der Waals surface area (Å²) >= 11 is 5.97. The van der Waals surface area contributed by atoms with Crippen LogP contribution >= 0.6 is 11.6 Å². The summed E-state index contributed by atoms with van der Waals surface area (Å²) in [5.41, 5.74) is 3.23. The van der Waals surface area contributed by atoms with E-state index in [0.29, 0.717) is 10.6 Å².